The number of hydrogen-bond donors (Lipinski definition) is 0. The summed E-state index contributed by atoms with van der Waals surface area (Å²) >= 11 is 0. The molecule has 0 bridgehead atoms. The van der Waals surface area contributed by atoms with Crippen molar-refractivity contribution in [2.24, 2.45) is 0 Å². The molecule has 19 heavy (non-hydrogen) atoms. The van der Waals surface area contributed by atoms with Crippen LogP contribution >= 0.6 is 0 Å². The second-order valence-electron chi connectivity index (χ2n) is 4.01. The summed E-state index contributed by atoms with van der Waals surface area (Å²) < 4.78 is 15.5. The van der Waals surface area contributed by atoms with E-state index >= 15 is 0 Å². The van der Waals surface area contributed by atoms with E-state index in [1.807, 2.05) is 0 Å². The molecular weight excluding hydrogens is 248 g/mol. The van der Waals surface area contributed by atoms with Crippen molar-refractivity contribution < 1.29 is 23.5 Å². The van der Waals surface area contributed by atoms with Gasteiger partial charge in [-0.1, -0.05) is 0 Å². The Labute approximate surface area is 110 Å². The lowest BCUT2D eigenvalue weighted by molar-refractivity contribution is -0.131. The Morgan fingerprint density at radius 1 is 1.32 bits per heavy atom. The Hall–Kier alpha value is -2.30. The average Bonchev–Trinajstić information content (AvgIpc) is 2.65. The molecule has 0 unspecified atom stereocenters. The molecule has 0 aliphatic heterocycles. The SMILES string of the molecule is CCOC(=O)c1ccc2c(OC(C)=O)c(C)oc2c1. The van der Waals surface area contributed by atoms with E-state index < -0.39 is 11.9 Å². The van der Waals surface area contributed by atoms with Crippen molar-refractivity contribution in [2.45, 2.75) is 20.8 Å². The third-order valence-corrected chi connectivity index (χ3v) is 2.57. The molecule has 0 radical (unpaired) electrons. The predicted molar refractivity (Wildman–Crippen MR) is 68.2 cm³/mol. The molecule has 0 aliphatic rings. The van der Waals surface area contributed by atoms with Gasteiger partial charge >= 0.3 is 11.9 Å². The fraction of sp³-hybridized carbons (Fsp3) is 0.286. The summed E-state index contributed by atoms with van der Waals surface area (Å²) in [5, 5.41) is 0.653. The van der Waals surface area contributed by atoms with Gasteiger partial charge in [-0.3, -0.25) is 4.79 Å². The van der Waals surface area contributed by atoms with Crippen molar-refractivity contribution in [3.63, 3.8) is 0 Å². The molecule has 0 N–H and O–H groups in total. The van der Waals surface area contributed by atoms with Gasteiger partial charge in [-0.05, 0) is 32.0 Å². The lowest BCUT2D eigenvalue weighted by atomic mass is 10.1. The van der Waals surface area contributed by atoms with Crippen LogP contribution in [-0.2, 0) is 9.53 Å². The average molecular weight is 262 g/mol. The van der Waals surface area contributed by atoms with Crippen LogP contribution in [0.2, 0.25) is 0 Å². The smallest absolute Gasteiger partial charge is 0.338 e. The molecule has 2 aromatic rings. The first-order chi connectivity index (χ1) is 9.02. The molecule has 1 aromatic carbocycles. The van der Waals surface area contributed by atoms with Gasteiger partial charge in [0.1, 0.15) is 11.3 Å². The maximum absolute atomic E-state index is 11.6. The summed E-state index contributed by atoms with van der Waals surface area (Å²) in [5.41, 5.74) is 0.886. The Bertz CT molecular complexity index is 639. The number of rotatable bonds is 3. The van der Waals surface area contributed by atoms with Gasteiger partial charge in [-0.15, -0.1) is 0 Å². The highest BCUT2D eigenvalue weighted by molar-refractivity contribution is 5.96. The number of ether oxygens (including phenoxy) is 2. The molecule has 0 saturated carbocycles. The van der Waals surface area contributed by atoms with Gasteiger partial charge in [0, 0.05) is 6.92 Å². The standard InChI is InChI=1S/C14H14O5/c1-4-17-14(16)10-5-6-11-12(7-10)18-8(2)13(11)19-9(3)15/h5-7H,4H2,1-3H3. The zero-order chi connectivity index (χ0) is 14.0. The molecule has 5 nitrogen and oxygen atoms in total. The Morgan fingerprint density at radius 2 is 2.05 bits per heavy atom. The number of carbonyl (C=O) groups excluding carboxylic acids is 2. The maximum Gasteiger partial charge on any atom is 0.338 e. The quantitative estimate of drug-likeness (QED) is 0.796. The van der Waals surface area contributed by atoms with E-state index in [1.165, 1.54) is 6.92 Å². The first kappa shape index (κ1) is 13.1. The minimum Gasteiger partial charge on any atom is -0.462 e. The van der Waals surface area contributed by atoms with Crippen LogP contribution in [0.4, 0.5) is 0 Å². The number of aryl methyl sites for hydroxylation is 1. The molecule has 0 fully saturated rings. The third-order valence-electron chi connectivity index (χ3n) is 2.57. The molecular formula is C14H14O5. The molecule has 0 aliphatic carbocycles. The minimum atomic E-state index is -0.416. The van der Waals surface area contributed by atoms with E-state index in [-0.39, 0.29) is 0 Å². The molecule has 5 heteroatoms. The van der Waals surface area contributed by atoms with Crippen LogP contribution in [0.1, 0.15) is 30.0 Å². The van der Waals surface area contributed by atoms with Crippen LogP contribution in [-0.4, -0.2) is 18.5 Å². The second-order valence-corrected chi connectivity index (χ2v) is 4.01. The number of furan rings is 1. The largest absolute Gasteiger partial charge is 0.462 e. The summed E-state index contributed by atoms with van der Waals surface area (Å²) in [5.74, 6) is 0.0527. The molecule has 0 amide bonds. The van der Waals surface area contributed by atoms with Crippen LogP contribution in [0, 0.1) is 6.92 Å². The summed E-state index contributed by atoms with van der Waals surface area (Å²) in [6.45, 7) is 5.08. The summed E-state index contributed by atoms with van der Waals surface area (Å²) in [6, 6.07) is 4.87. The number of benzene rings is 1. The van der Waals surface area contributed by atoms with Crippen molar-refractivity contribution in [3.05, 3.63) is 29.5 Å². The summed E-state index contributed by atoms with van der Waals surface area (Å²) in [7, 11) is 0. The maximum atomic E-state index is 11.6. The van der Waals surface area contributed by atoms with E-state index in [2.05, 4.69) is 0 Å². The van der Waals surface area contributed by atoms with Gasteiger partial charge < -0.3 is 13.9 Å². The highest BCUT2D eigenvalue weighted by Gasteiger charge is 2.16. The fourth-order valence-corrected chi connectivity index (χ4v) is 1.81. The van der Waals surface area contributed by atoms with Crippen molar-refractivity contribution in [1.82, 2.24) is 0 Å². The zero-order valence-electron chi connectivity index (χ0n) is 11.0. The van der Waals surface area contributed by atoms with E-state index in [9.17, 15) is 9.59 Å². The molecule has 1 heterocycles. The first-order valence-corrected chi connectivity index (χ1v) is 5.91. The summed E-state index contributed by atoms with van der Waals surface area (Å²) in [4.78, 5) is 22.6. The van der Waals surface area contributed by atoms with E-state index in [1.54, 1.807) is 32.0 Å². The highest BCUT2D eigenvalue weighted by atomic mass is 16.5. The Kier molecular flexibility index (Phi) is 3.55. The summed E-state index contributed by atoms with van der Waals surface area (Å²) in [6.07, 6.45) is 0. The topological polar surface area (TPSA) is 65.7 Å². The van der Waals surface area contributed by atoms with Gasteiger partial charge in [0.05, 0.1) is 17.6 Å². The van der Waals surface area contributed by atoms with E-state index in [4.69, 9.17) is 13.9 Å². The monoisotopic (exact) mass is 262 g/mol. The van der Waals surface area contributed by atoms with Crippen molar-refractivity contribution in [2.75, 3.05) is 6.61 Å². The van der Waals surface area contributed by atoms with Gasteiger partial charge in [0.15, 0.2) is 5.75 Å². The first-order valence-electron chi connectivity index (χ1n) is 5.91. The number of esters is 2. The van der Waals surface area contributed by atoms with Gasteiger partial charge in [0.2, 0.25) is 0 Å². The lowest BCUT2D eigenvalue weighted by Crippen LogP contribution is -2.04. The van der Waals surface area contributed by atoms with Crippen molar-refractivity contribution in [3.8, 4) is 5.75 Å². The highest BCUT2D eigenvalue weighted by Crippen LogP contribution is 2.33. The van der Waals surface area contributed by atoms with Crippen LogP contribution < -0.4 is 4.74 Å². The minimum absolute atomic E-state index is 0.312. The fourth-order valence-electron chi connectivity index (χ4n) is 1.81. The van der Waals surface area contributed by atoms with Crippen LogP contribution in [0.15, 0.2) is 22.6 Å². The number of carbonyl (C=O) groups is 2. The molecule has 1 aromatic heterocycles. The number of fused-ring (bicyclic) bond motifs is 1. The third kappa shape index (κ3) is 2.59. The van der Waals surface area contributed by atoms with Crippen molar-refractivity contribution >= 4 is 22.9 Å². The van der Waals surface area contributed by atoms with Gasteiger partial charge in [-0.25, -0.2) is 4.79 Å². The lowest BCUT2D eigenvalue weighted by Gasteiger charge is -2.01. The van der Waals surface area contributed by atoms with Gasteiger partial charge in [-0.2, -0.15) is 0 Å². The van der Waals surface area contributed by atoms with Crippen LogP contribution in [0.3, 0.4) is 0 Å². The molecule has 0 saturated heterocycles. The van der Waals surface area contributed by atoms with Crippen LogP contribution in [0.5, 0.6) is 5.75 Å². The van der Waals surface area contributed by atoms with Crippen LogP contribution in [0.25, 0.3) is 11.0 Å². The molecule has 2 rings (SSSR count). The van der Waals surface area contributed by atoms with E-state index in [0.717, 1.165) is 0 Å². The predicted octanol–water partition coefficient (Wildman–Crippen LogP) is 2.84. The molecule has 0 spiro atoms. The normalized spacial score (nSPS) is 10.5. The Balaban J connectivity index is 2.45. The van der Waals surface area contributed by atoms with E-state index in [0.29, 0.717) is 34.6 Å². The Morgan fingerprint density at radius 3 is 2.68 bits per heavy atom. The molecule has 0 atom stereocenters. The molecule has 100 valence electrons. The zero-order valence-corrected chi connectivity index (χ0v) is 11.0. The van der Waals surface area contributed by atoms with Crippen molar-refractivity contribution in [1.29, 1.82) is 0 Å². The van der Waals surface area contributed by atoms with Gasteiger partial charge in [0.25, 0.3) is 0 Å². The second kappa shape index (κ2) is 5.14. The number of hydrogen-bond acceptors (Lipinski definition) is 5.